The Bertz CT molecular complexity index is 387. The van der Waals surface area contributed by atoms with Crippen molar-refractivity contribution in [2.75, 3.05) is 5.32 Å². The topological polar surface area (TPSA) is 66.4 Å². The second-order valence-electron chi connectivity index (χ2n) is 3.37. The monoisotopic (exact) mass is 207 g/mol. The normalized spacial score (nSPS) is 11.9. The number of anilines is 1. The molecule has 0 unspecified atom stereocenters. The van der Waals surface area contributed by atoms with Crippen LogP contribution >= 0.6 is 0 Å². The van der Waals surface area contributed by atoms with Crippen molar-refractivity contribution < 1.29 is 14.7 Å². The third-order valence-corrected chi connectivity index (χ3v) is 2.08. The summed E-state index contributed by atoms with van der Waals surface area (Å²) in [5, 5.41) is 11.4. The molecule has 0 heterocycles. The molecule has 1 rings (SSSR count). The van der Waals surface area contributed by atoms with Gasteiger partial charge >= 0.3 is 5.97 Å². The van der Waals surface area contributed by atoms with Crippen LogP contribution in [0.15, 0.2) is 24.3 Å². The predicted octanol–water partition coefficient (Wildman–Crippen LogP) is 1.83. The number of hydrogen-bond donors (Lipinski definition) is 2. The fourth-order valence-electron chi connectivity index (χ4n) is 1.23. The van der Waals surface area contributed by atoms with Gasteiger partial charge in [0.05, 0.1) is 5.92 Å². The van der Waals surface area contributed by atoms with Crippen molar-refractivity contribution in [3.05, 3.63) is 29.8 Å². The molecule has 2 N–H and O–H groups in total. The number of hydrogen-bond acceptors (Lipinski definition) is 2. The van der Waals surface area contributed by atoms with E-state index >= 15 is 0 Å². The molecular formula is C11H13NO3. The average Bonchev–Trinajstić information content (AvgIpc) is 2.16. The zero-order chi connectivity index (χ0) is 11.4. The zero-order valence-corrected chi connectivity index (χ0v) is 8.65. The first kappa shape index (κ1) is 11.2. The molecule has 1 aromatic rings. The summed E-state index contributed by atoms with van der Waals surface area (Å²) in [6, 6.07) is 6.84. The van der Waals surface area contributed by atoms with Crippen molar-refractivity contribution in [1.82, 2.24) is 0 Å². The molecular weight excluding hydrogens is 194 g/mol. The highest BCUT2D eigenvalue weighted by atomic mass is 16.4. The van der Waals surface area contributed by atoms with Crippen molar-refractivity contribution >= 4 is 17.6 Å². The van der Waals surface area contributed by atoms with Gasteiger partial charge in [0.15, 0.2) is 0 Å². The third kappa shape index (κ3) is 3.09. The third-order valence-electron chi connectivity index (χ3n) is 2.08. The molecule has 0 aliphatic heterocycles. The minimum absolute atomic E-state index is 0.171. The van der Waals surface area contributed by atoms with E-state index in [-0.39, 0.29) is 5.91 Å². The van der Waals surface area contributed by atoms with Gasteiger partial charge in [-0.25, -0.2) is 0 Å². The van der Waals surface area contributed by atoms with Gasteiger partial charge in [0.25, 0.3) is 0 Å². The lowest BCUT2D eigenvalue weighted by molar-refractivity contribution is -0.138. The van der Waals surface area contributed by atoms with Crippen LogP contribution in [0.5, 0.6) is 0 Å². The van der Waals surface area contributed by atoms with Crippen LogP contribution in [0.1, 0.15) is 25.3 Å². The summed E-state index contributed by atoms with van der Waals surface area (Å²) in [7, 11) is 0. The van der Waals surface area contributed by atoms with Crippen LogP contribution in [-0.4, -0.2) is 17.0 Å². The number of rotatable bonds is 3. The molecule has 4 heteroatoms. The second kappa shape index (κ2) is 4.59. The minimum atomic E-state index is -0.880. The maximum absolute atomic E-state index is 10.8. The first-order valence-corrected chi connectivity index (χ1v) is 4.61. The van der Waals surface area contributed by atoms with Crippen molar-refractivity contribution in [2.45, 2.75) is 19.8 Å². The summed E-state index contributed by atoms with van der Waals surface area (Å²) >= 11 is 0. The molecule has 4 nitrogen and oxygen atoms in total. The molecule has 15 heavy (non-hydrogen) atoms. The van der Waals surface area contributed by atoms with E-state index in [2.05, 4.69) is 5.32 Å². The lowest BCUT2D eigenvalue weighted by Gasteiger charge is -2.08. The van der Waals surface area contributed by atoms with Gasteiger partial charge < -0.3 is 10.4 Å². The minimum Gasteiger partial charge on any atom is -0.481 e. The van der Waals surface area contributed by atoms with Gasteiger partial charge in [0, 0.05) is 12.6 Å². The van der Waals surface area contributed by atoms with Crippen LogP contribution in [0.2, 0.25) is 0 Å². The summed E-state index contributed by atoms with van der Waals surface area (Å²) in [5.74, 6) is -1.62. The standard InChI is InChI=1S/C11H13NO3/c1-7(11(14)15)9-4-3-5-10(6-9)12-8(2)13/h3-7H,1-2H3,(H,12,13)(H,14,15)/t7-/m1/s1. The molecule has 0 fully saturated rings. The average molecular weight is 207 g/mol. The first-order valence-electron chi connectivity index (χ1n) is 4.61. The molecule has 0 aliphatic carbocycles. The van der Waals surface area contributed by atoms with Crippen LogP contribution < -0.4 is 5.32 Å². The fraction of sp³-hybridized carbons (Fsp3) is 0.273. The van der Waals surface area contributed by atoms with Crippen LogP contribution in [-0.2, 0) is 9.59 Å². The molecule has 80 valence electrons. The zero-order valence-electron chi connectivity index (χ0n) is 8.65. The van der Waals surface area contributed by atoms with Crippen molar-refractivity contribution in [1.29, 1.82) is 0 Å². The number of carboxylic acid groups (broad SMARTS) is 1. The number of aliphatic carboxylic acids is 1. The van der Waals surface area contributed by atoms with Gasteiger partial charge in [-0.15, -0.1) is 0 Å². The molecule has 0 spiro atoms. The Morgan fingerprint density at radius 3 is 2.60 bits per heavy atom. The molecule has 1 atom stereocenters. The van der Waals surface area contributed by atoms with E-state index < -0.39 is 11.9 Å². The summed E-state index contributed by atoms with van der Waals surface area (Å²) < 4.78 is 0. The molecule has 0 bridgehead atoms. The molecule has 0 aromatic heterocycles. The largest absolute Gasteiger partial charge is 0.481 e. The fourth-order valence-corrected chi connectivity index (χ4v) is 1.23. The number of carboxylic acids is 1. The predicted molar refractivity (Wildman–Crippen MR) is 56.8 cm³/mol. The van der Waals surface area contributed by atoms with Gasteiger partial charge in [0.2, 0.25) is 5.91 Å². The van der Waals surface area contributed by atoms with E-state index in [1.54, 1.807) is 31.2 Å². The summed E-state index contributed by atoms with van der Waals surface area (Å²) in [5.41, 5.74) is 1.29. The molecule has 0 aliphatic rings. The van der Waals surface area contributed by atoms with E-state index in [9.17, 15) is 9.59 Å². The van der Waals surface area contributed by atoms with E-state index in [4.69, 9.17) is 5.11 Å². The van der Waals surface area contributed by atoms with Crippen LogP contribution in [0.3, 0.4) is 0 Å². The maximum atomic E-state index is 10.8. The molecule has 1 amide bonds. The van der Waals surface area contributed by atoms with E-state index in [0.717, 1.165) is 0 Å². The SMILES string of the molecule is CC(=O)Nc1cccc([C@@H](C)C(=O)O)c1. The lowest BCUT2D eigenvalue weighted by atomic mass is 10.0. The Kier molecular flexibility index (Phi) is 3.44. The molecule has 0 saturated heterocycles. The highest BCUT2D eigenvalue weighted by Gasteiger charge is 2.13. The summed E-state index contributed by atoms with van der Waals surface area (Å²) in [6.45, 7) is 3.02. The number of carbonyl (C=O) groups is 2. The van der Waals surface area contributed by atoms with Gasteiger partial charge in [-0.1, -0.05) is 12.1 Å². The summed E-state index contributed by atoms with van der Waals surface area (Å²) in [4.78, 5) is 21.5. The Hall–Kier alpha value is -1.84. The second-order valence-corrected chi connectivity index (χ2v) is 3.37. The van der Waals surface area contributed by atoms with Gasteiger partial charge in [-0.3, -0.25) is 9.59 Å². The highest BCUT2D eigenvalue weighted by molar-refractivity contribution is 5.89. The summed E-state index contributed by atoms with van der Waals surface area (Å²) in [6.07, 6.45) is 0. The first-order chi connectivity index (χ1) is 7.00. The Balaban J connectivity index is 2.92. The van der Waals surface area contributed by atoms with Crippen molar-refractivity contribution in [3.8, 4) is 0 Å². The number of nitrogens with one attached hydrogen (secondary N) is 1. The maximum Gasteiger partial charge on any atom is 0.310 e. The quantitative estimate of drug-likeness (QED) is 0.794. The van der Waals surface area contributed by atoms with Gasteiger partial charge in [0.1, 0.15) is 0 Å². The van der Waals surface area contributed by atoms with E-state index in [0.29, 0.717) is 11.3 Å². The van der Waals surface area contributed by atoms with Crippen molar-refractivity contribution in [3.63, 3.8) is 0 Å². The number of amides is 1. The van der Waals surface area contributed by atoms with E-state index in [1.807, 2.05) is 0 Å². The molecule has 0 saturated carbocycles. The number of carbonyl (C=O) groups excluding carboxylic acids is 1. The van der Waals surface area contributed by atoms with Crippen LogP contribution in [0.4, 0.5) is 5.69 Å². The number of benzene rings is 1. The van der Waals surface area contributed by atoms with Crippen LogP contribution in [0, 0.1) is 0 Å². The van der Waals surface area contributed by atoms with Crippen LogP contribution in [0.25, 0.3) is 0 Å². The van der Waals surface area contributed by atoms with Crippen molar-refractivity contribution in [2.24, 2.45) is 0 Å². The Morgan fingerprint density at radius 1 is 1.40 bits per heavy atom. The Morgan fingerprint density at radius 2 is 2.07 bits per heavy atom. The van der Waals surface area contributed by atoms with Gasteiger partial charge in [-0.2, -0.15) is 0 Å². The van der Waals surface area contributed by atoms with E-state index in [1.165, 1.54) is 6.92 Å². The molecule has 0 radical (unpaired) electrons. The Labute approximate surface area is 87.9 Å². The van der Waals surface area contributed by atoms with Gasteiger partial charge in [-0.05, 0) is 24.6 Å². The highest BCUT2D eigenvalue weighted by Crippen LogP contribution is 2.19. The molecule has 1 aromatic carbocycles. The smallest absolute Gasteiger partial charge is 0.310 e. The lowest BCUT2D eigenvalue weighted by Crippen LogP contribution is -2.09.